The van der Waals surface area contributed by atoms with Gasteiger partial charge in [-0.2, -0.15) is 0 Å². The van der Waals surface area contributed by atoms with Gasteiger partial charge in [-0.25, -0.2) is 4.99 Å². The van der Waals surface area contributed by atoms with Crippen molar-refractivity contribution in [3.05, 3.63) is 29.8 Å². The molecule has 3 atom stereocenters. The minimum absolute atomic E-state index is 0.0168. The molecule has 1 aromatic carbocycles. The highest BCUT2D eigenvalue weighted by Gasteiger charge is 2.51. The zero-order valence-electron chi connectivity index (χ0n) is 18.4. The fourth-order valence-electron chi connectivity index (χ4n) is 4.17. The molecule has 2 aliphatic rings. The van der Waals surface area contributed by atoms with E-state index in [4.69, 9.17) is 14.5 Å². The second-order valence-corrected chi connectivity index (χ2v) is 7.71. The van der Waals surface area contributed by atoms with Crippen molar-refractivity contribution in [2.75, 3.05) is 27.8 Å². The average molecular weight is 414 g/mol. The van der Waals surface area contributed by atoms with Gasteiger partial charge in [0.1, 0.15) is 23.4 Å². The third-order valence-electron chi connectivity index (χ3n) is 5.70. The van der Waals surface area contributed by atoms with Crippen molar-refractivity contribution in [1.29, 1.82) is 0 Å². The summed E-state index contributed by atoms with van der Waals surface area (Å²) >= 11 is 0. The largest absolute Gasteiger partial charge is 0.497 e. The van der Waals surface area contributed by atoms with E-state index in [1.165, 1.54) is 0 Å². The number of amidine groups is 1. The molecule has 2 heterocycles. The van der Waals surface area contributed by atoms with Gasteiger partial charge >= 0.3 is 0 Å². The quantitative estimate of drug-likeness (QED) is 0.613. The fourth-order valence-corrected chi connectivity index (χ4v) is 4.17. The number of likely N-dealkylation sites (N-methyl/N-ethyl adjacent to an activating group) is 1. The third-order valence-corrected chi connectivity index (χ3v) is 5.70. The Balaban J connectivity index is 1.90. The van der Waals surface area contributed by atoms with Gasteiger partial charge in [-0.1, -0.05) is 26.3 Å². The van der Waals surface area contributed by atoms with E-state index in [0.29, 0.717) is 30.3 Å². The highest BCUT2D eigenvalue weighted by molar-refractivity contribution is 6.11. The Morgan fingerprint density at radius 1 is 1.03 bits per heavy atom. The SMILES string of the molecule is CCCC1C(=O)C2C(N=C(/C=C/c3cc(OC)cc(OC)c3)N2C)N(CCC)C1=O. The molecule has 0 N–H and O–H groups in total. The zero-order valence-corrected chi connectivity index (χ0v) is 18.4. The van der Waals surface area contributed by atoms with Crippen LogP contribution in [0.2, 0.25) is 0 Å². The smallest absolute Gasteiger partial charge is 0.235 e. The van der Waals surface area contributed by atoms with Crippen LogP contribution < -0.4 is 9.47 Å². The minimum atomic E-state index is -0.563. The van der Waals surface area contributed by atoms with E-state index >= 15 is 0 Å². The summed E-state index contributed by atoms with van der Waals surface area (Å²) in [4.78, 5) is 34.6. The first kappa shape index (κ1) is 21.9. The molecule has 1 fully saturated rings. The highest BCUT2D eigenvalue weighted by atomic mass is 16.5. The van der Waals surface area contributed by atoms with Crippen LogP contribution in [0.1, 0.15) is 38.7 Å². The van der Waals surface area contributed by atoms with E-state index in [1.54, 1.807) is 19.1 Å². The number of hydrogen-bond acceptors (Lipinski definition) is 6. The number of likely N-dealkylation sites (tertiary alicyclic amines) is 1. The Kier molecular flexibility index (Phi) is 6.80. The molecular formula is C23H31N3O4. The lowest BCUT2D eigenvalue weighted by Crippen LogP contribution is -2.61. The summed E-state index contributed by atoms with van der Waals surface area (Å²) < 4.78 is 10.7. The topological polar surface area (TPSA) is 71.4 Å². The summed E-state index contributed by atoms with van der Waals surface area (Å²) in [5.41, 5.74) is 0.897. The van der Waals surface area contributed by atoms with Crippen molar-refractivity contribution < 1.29 is 19.1 Å². The summed E-state index contributed by atoms with van der Waals surface area (Å²) in [5, 5.41) is 0. The van der Waals surface area contributed by atoms with Crippen LogP contribution in [0.5, 0.6) is 11.5 Å². The standard InChI is InChI=1S/C23H31N3O4/c1-6-8-18-21(27)20-22(26(11-7-2)23(18)28)24-19(25(20)3)10-9-15-12-16(29-4)14-17(13-15)30-5/h9-10,12-14,18,20,22H,6-8,11H2,1-5H3/b10-9+. The molecule has 162 valence electrons. The van der Waals surface area contributed by atoms with Crippen LogP contribution in [-0.2, 0) is 9.59 Å². The van der Waals surface area contributed by atoms with Gasteiger partial charge in [-0.3, -0.25) is 9.59 Å². The summed E-state index contributed by atoms with van der Waals surface area (Å²) in [6.07, 6.45) is 5.55. The maximum absolute atomic E-state index is 13.1. The molecule has 3 rings (SSSR count). The lowest BCUT2D eigenvalue weighted by Gasteiger charge is -2.40. The number of Topliss-reactive ketones (excluding diaryl/α,β-unsaturated/α-hetero) is 1. The summed E-state index contributed by atoms with van der Waals surface area (Å²) in [5.74, 6) is 1.42. The number of ketones is 1. The van der Waals surface area contributed by atoms with Crippen LogP contribution in [0.15, 0.2) is 29.3 Å². The van der Waals surface area contributed by atoms with Crippen LogP contribution in [0.25, 0.3) is 6.08 Å². The molecule has 7 nitrogen and oxygen atoms in total. The molecule has 2 aliphatic heterocycles. The van der Waals surface area contributed by atoms with Gasteiger partial charge in [-0.05, 0) is 36.6 Å². The van der Waals surface area contributed by atoms with Crippen molar-refractivity contribution in [2.24, 2.45) is 10.9 Å². The second kappa shape index (κ2) is 9.32. The van der Waals surface area contributed by atoms with Crippen molar-refractivity contribution in [3.8, 4) is 11.5 Å². The number of hydrogen-bond donors (Lipinski definition) is 0. The Morgan fingerprint density at radius 2 is 1.70 bits per heavy atom. The van der Waals surface area contributed by atoms with Gasteiger partial charge in [0, 0.05) is 19.7 Å². The third kappa shape index (κ3) is 4.06. The molecule has 30 heavy (non-hydrogen) atoms. The normalized spacial score (nSPS) is 23.8. The molecular weight excluding hydrogens is 382 g/mol. The monoisotopic (exact) mass is 413 g/mol. The Bertz CT molecular complexity index is 842. The van der Waals surface area contributed by atoms with E-state index < -0.39 is 18.1 Å². The Labute approximate surface area is 178 Å². The zero-order chi connectivity index (χ0) is 21.8. The van der Waals surface area contributed by atoms with Crippen molar-refractivity contribution in [2.45, 2.75) is 45.3 Å². The van der Waals surface area contributed by atoms with Gasteiger partial charge in [0.15, 0.2) is 11.9 Å². The predicted octanol–water partition coefficient (Wildman–Crippen LogP) is 2.99. The Morgan fingerprint density at radius 3 is 2.27 bits per heavy atom. The van der Waals surface area contributed by atoms with Crippen molar-refractivity contribution >= 4 is 23.6 Å². The van der Waals surface area contributed by atoms with Crippen molar-refractivity contribution in [1.82, 2.24) is 9.80 Å². The molecule has 1 amide bonds. The lowest BCUT2D eigenvalue weighted by molar-refractivity contribution is -0.152. The Hall–Kier alpha value is -2.83. The number of rotatable bonds is 8. The van der Waals surface area contributed by atoms with Crippen LogP contribution >= 0.6 is 0 Å². The highest BCUT2D eigenvalue weighted by Crippen LogP contribution is 2.32. The summed E-state index contributed by atoms with van der Waals surface area (Å²) in [6.45, 7) is 4.64. The first-order chi connectivity index (χ1) is 14.4. The van der Waals surface area contributed by atoms with Crippen LogP contribution in [-0.4, -0.2) is 67.3 Å². The van der Waals surface area contributed by atoms with Crippen LogP contribution in [0.4, 0.5) is 0 Å². The van der Waals surface area contributed by atoms with E-state index in [9.17, 15) is 9.59 Å². The first-order valence-electron chi connectivity index (χ1n) is 10.5. The first-order valence-corrected chi connectivity index (χ1v) is 10.5. The number of fused-ring (bicyclic) bond motifs is 1. The number of piperidine rings is 1. The molecule has 1 aromatic rings. The van der Waals surface area contributed by atoms with E-state index in [0.717, 1.165) is 18.4 Å². The maximum Gasteiger partial charge on any atom is 0.235 e. The van der Waals surface area contributed by atoms with Crippen LogP contribution in [0.3, 0.4) is 0 Å². The van der Waals surface area contributed by atoms with Gasteiger partial charge < -0.3 is 19.3 Å². The number of amides is 1. The number of carbonyl (C=O) groups excluding carboxylic acids is 2. The average Bonchev–Trinajstić information content (AvgIpc) is 3.08. The molecule has 0 radical (unpaired) electrons. The number of nitrogens with zero attached hydrogens (tertiary/aromatic N) is 3. The van der Waals surface area contributed by atoms with Crippen LogP contribution in [0, 0.1) is 5.92 Å². The molecule has 0 aliphatic carbocycles. The lowest BCUT2D eigenvalue weighted by atomic mass is 9.86. The molecule has 7 heteroatoms. The second-order valence-electron chi connectivity index (χ2n) is 7.71. The predicted molar refractivity (Wildman–Crippen MR) is 117 cm³/mol. The minimum Gasteiger partial charge on any atom is -0.497 e. The molecule has 1 saturated heterocycles. The number of aliphatic imine (C=N–C) groups is 1. The van der Waals surface area contributed by atoms with Gasteiger partial charge in [-0.15, -0.1) is 0 Å². The molecule has 0 saturated carbocycles. The molecule has 0 aromatic heterocycles. The van der Waals surface area contributed by atoms with Gasteiger partial charge in [0.25, 0.3) is 0 Å². The summed E-state index contributed by atoms with van der Waals surface area (Å²) in [7, 11) is 5.10. The van der Waals surface area contributed by atoms with Gasteiger partial charge in [0.05, 0.1) is 20.1 Å². The van der Waals surface area contributed by atoms with Gasteiger partial charge in [0.2, 0.25) is 5.91 Å². The number of benzene rings is 1. The fraction of sp³-hybridized carbons (Fsp3) is 0.522. The number of methoxy groups -OCH3 is 2. The molecule has 0 spiro atoms. The number of carbonyl (C=O) groups is 2. The van der Waals surface area contributed by atoms with Crippen molar-refractivity contribution in [3.63, 3.8) is 0 Å². The van der Waals surface area contributed by atoms with E-state index in [-0.39, 0.29) is 11.7 Å². The molecule has 0 bridgehead atoms. The number of ether oxygens (including phenoxy) is 2. The van der Waals surface area contributed by atoms with E-state index in [2.05, 4.69) is 0 Å². The molecule has 3 unspecified atom stereocenters. The maximum atomic E-state index is 13.1. The summed E-state index contributed by atoms with van der Waals surface area (Å²) in [6, 6.07) is 5.19. The van der Waals surface area contributed by atoms with E-state index in [1.807, 2.05) is 56.1 Å².